The van der Waals surface area contributed by atoms with Gasteiger partial charge in [0, 0.05) is 24.5 Å². The predicted octanol–water partition coefficient (Wildman–Crippen LogP) is 0.479. The lowest BCUT2D eigenvalue weighted by molar-refractivity contribution is -0.154. The summed E-state index contributed by atoms with van der Waals surface area (Å²) in [5.74, 6) is 0.501. The van der Waals surface area contributed by atoms with Crippen LogP contribution in [0, 0.1) is 0 Å². The van der Waals surface area contributed by atoms with E-state index < -0.39 is 6.10 Å². The molecule has 1 unspecified atom stereocenters. The monoisotopic (exact) mass is 257 g/mol. The van der Waals surface area contributed by atoms with Crippen LogP contribution in [0.1, 0.15) is 12.7 Å². The van der Waals surface area contributed by atoms with E-state index in [0.29, 0.717) is 13.2 Å². The first-order valence-corrected chi connectivity index (χ1v) is 6.29. The van der Waals surface area contributed by atoms with E-state index in [1.165, 1.54) is 18.6 Å². The topological polar surface area (TPSA) is 64.6 Å². The van der Waals surface area contributed by atoms with Crippen LogP contribution in [-0.4, -0.2) is 48.2 Å². The summed E-state index contributed by atoms with van der Waals surface area (Å²) in [6.45, 7) is 3.72. The molecule has 1 fully saturated rings. The van der Waals surface area contributed by atoms with Gasteiger partial charge in [-0.15, -0.1) is 0 Å². The molecule has 17 heavy (non-hydrogen) atoms. The molecule has 0 aliphatic carbocycles. The average Bonchev–Trinajstić information content (AvgIpc) is 2.86. The van der Waals surface area contributed by atoms with Gasteiger partial charge in [0.1, 0.15) is 5.82 Å². The van der Waals surface area contributed by atoms with E-state index in [-0.39, 0.29) is 5.97 Å². The number of aryl methyl sites for hydroxylation is 1. The molecule has 2 heterocycles. The van der Waals surface area contributed by atoms with E-state index in [4.69, 9.17) is 4.74 Å². The summed E-state index contributed by atoms with van der Waals surface area (Å²) < 4.78 is 14.3. The minimum absolute atomic E-state index is 0.338. The molecule has 7 heteroatoms. The Bertz CT molecular complexity index is 396. The third-order valence-electron chi connectivity index (χ3n) is 2.57. The van der Waals surface area contributed by atoms with Gasteiger partial charge in [0.25, 0.3) is 0 Å². The van der Waals surface area contributed by atoms with Crippen molar-refractivity contribution in [1.82, 2.24) is 9.36 Å². The molecule has 1 aromatic heterocycles. The Morgan fingerprint density at radius 3 is 3.18 bits per heavy atom. The second-order valence-electron chi connectivity index (χ2n) is 3.68. The third-order valence-corrected chi connectivity index (χ3v) is 3.39. The molecule has 1 aliphatic heterocycles. The molecular formula is C10H15N3O3S. The summed E-state index contributed by atoms with van der Waals surface area (Å²) in [4.78, 5) is 17.8. The van der Waals surface area contributed by atoms with Crippen LogP contribution in [0.2, 0.25) is 0 Å². The molecule has 0 spiro atoms. The number of methoxy groups -OCH3 is 1. The fourth-order valence-electron chi connectivity index (χ4n) is 1.61. The number of hydrogen-bond donors (Lipinski definition) is 0. The zero-order valence-electron chi connectivity index (χ0n) is 9.88. The standard InChI is InChI=1S/C10H15N3O3S/c1-3-8-11-10(17-12-8)13-4-5-16-7(6-13)9(14)15-2/h7H,3-6H2,1-2H3. The highest BCUT2D eigenvalue weighted by Crippen LogP contribution is 2.20. The lowest BCUT2D eigenvalue weighted by atomic mass is 10.3. The minimum atomic E-state index is -0.525. The first-order valence-electron chi connectivity index (χ1n) is 5.51. The van der Waals surface area contributed by atoms with Crippen LogP contribution < -0.4 is 4.90 Å². The summed E-state index contributed by atoms with van der Waals surface area (Å²) in [7, 11) is 1.37. The highest BCUT2D eigenvalue weighted by Gasteiger charge is 2.28. The maximum Gasteiger partial charge on any atom is 0.336 e. The van der Waals surface area contributed by atoms with E-state index in [1.807, 2.05) is 11.8 Å². The van der Waals surface area contributed by atoms with Crippen molar-refractivity contribution in [1.29, 1.82) is 0 Å². The summed E-state index contributed by atoms with van der Waals surface area (Å²) in [5.41, 5.74) is 0. The van der Waals surface area contributed by atoms with Crippen molar-refractivity contribution in [2.45, 2.75) is 19.4 Å². The predicted molar refractivity (Wildman–Crippen MR) is 63.3 cm³/mol. The zero-order valence-corrected chi connectivity index (χ0v) is 10.7. The van der Waals surface area contributed by atoms with Crippen LogP contribution in [0.15, 0.2) is 0 Å². The molecule has 0 N–H and O–H groups in total. The Morgan fingerprint density at radius 2 is 2.53 bits per heavy atom. The number of carbonyl (C=O) groups is 1. The molecule has 94 valence electrons. The fraction of sp³-hybridized carbons (Fsp3) is 0.700. The van der Waals surface area contributed by atoms with Crippen LogP contribution in [0.25, 0.3) is 0 Å². The molecule has 1 atom stereocenters. The molecule has 6 nitrogen and oxygen atoms in total. The number of ether oxygens (including phenoxy) is 2. The van der Waals surface area contributed by atoms with Crippen LogP contribution in [-0.2, 0) is 20.7 Å². The first-order chi connectivity index (χ1) is 8.24. The zero-order chi connectivity index (χ0) is 12.3. The summed E-state index contributed by atoms with van der Waals surface area (Å²) in [6.07, 6.45) is 0.295. The van der Waals surface area contributed by atoms with E-state index >= 15 is 0 Å². The van der Waals surface area contributed by atoms with E-state index in [1.54, 1.807) is 0 Å². The van der Waals surface area contributed by atoms with Gasteiger partial charge in [0.2, 0.25) is 5.13 Å². The number of nitrogens with zero attached hydrogens (tertiary/aromatic N) is 3. The Hall–Kier alpha value is -1.21. The highest BCUT2D eigenvalue weighted by atomic mass is 32.1. The normalized spacial score (nSPS) is 20.4. The van der Waals surface area contributed by atoms with Crippen molar-refractivity contribution >= 4 is 22.6 Å². The largest absolute Gasteiger partial charge is 0.467 e. The molecule has 1 aliphatic rings. The van der Waals surface area contributed by atoms with Crippen molar-refractivity contribution in [2.75, 3.05) is 31.7 Å². The van der Waals surface area contributed by atoms with Gasteiger partial charge >= 0.3 is 5.97 Å². The molecular weight excluding hydrogens is 242 g/mol. The SMILES string of the molecule is CCc1nsc(N2CCOC(C(=O)OC)C2)n1. The van der Waals surface area contributed by atoms with E-state index in [2.05, 4.69) is 14.1 Å². The number of anilines is 1. The molecule has 0 radical (unpaired) electrons. The minimum Gasteiger partial charge on any atom is -0.467 e. The highest BCUT2D eigenvalue weighted by molar-refractivity contribution is 7.09. The molecule has 2 rings (SSSR count). The van der Waals surface area contributed by atoms with Gasteiger partial charge < -0.3 is 14.4 Å². The van der Waals surface area contributed by atoms with Gasteiger partial charge in [-0.1, -0.05) is 6.92 Å². The van der Waals surface area contributed by atoms with Gasteiger partial charge in [0.05, 0.1) is 20.3 Å². The van der Waals surface area contributed by atoms with Gasteiger partial charge in [-0.3, -0.25) is 0 Å². The van der Waals surface area contributed by atoms with Crippen molar-refractivity contribution in [3.8, 4) is 0 Å². The number of rotatable bonds is 3. The first kappa shape index (κ1) is 12.3. The van der Waals surface area contributed by atoms with Crippen LogP contribution >= 0.6 is 11.5 Å². The number of hydrogen-bond acceptors (Lipinski definition) is 7. The number of esters is 1. The third kappa shape index (κ3) is 2.73. The van der Waals surface area contributed by atoms with Crippen LogP contribution in [0.4, 0.5) is 5.13 Å². The second kappa shape index (κ2) is 5.42. The van der Waals surface area contributed by atoms with Crippen LogP contribution in [0.5, 0.6) is 0 Å². The Kier molecular flexibility index (Phi) is 3.90. The summed E-state index contributed by atoms with van der Waals surface area (Å²) in [5, 5.41) is 0.846. The maximum atomic E-state index is 11.4. The lowest BCUT2D eigenvalue weighted by Gasteiger charge is -2.30. The van der Waals surface area contributed by atoms with Gasteiger partial charge in [-0.05, 0) is 0 Å². The lowest BCUT2D eigenvalue weighted by Crippen LogP contribution is -2.46. The van der Waals surface area contributed by atoms with E-state index in [9.17, 15) is 4.79 Å². The molecule has 0 amide bonds. The molecule has 1 saturated heterocycles. The molecule has 0 saturated carbocycles. The smallest absolute Gasteiger partial charge is 0.336 e. The summed E-state index contributed by atoms with van der Waals surface area (Å²) in [6, 6.07) is 0. The molecule has 1 aromatic rings. The fourth-order valence-corrected chi connectivity index (χ4v) is 2.40. The second-order valence-corrected chi connectivity index (χ2v) is 4.41. The van der Waals surface area contributed by atoms with Crippen molar-refractivity contribution in [3.05, 3.63) is 5.82 Å². The Balaban J connectivity index is 2.04. The van der Waals surface area contributed by atoms with Crippen molar-refractivity contribution < 1.29 is 14.3 Å². The van der Waals surface area contributed by atoms with Crippen molar-refractivity contribution in [3.63, 3.8) is 0 Å². The van der Waals surface area contributed by atoms with Gasteiger partial charge in [0.15, 0.2) is 6.10 Å². The Labute approximate surface area is 104 Å². The Morgan fingerprint density at radius 1 is 1.71 bits per heavy atom. The molecule has 0 aromatic carbocycles. The van der Waals surface area contributed by atoms with Crippen molar-refractivity contribution in [2.24, 2.45) is 0 Å². The quantitative estimate of drug-likeness (QED) is 0.734. The number of carbonyl (C=O) groups excluding carboxylic acids is 1. The maximum absolute atomic E-state index is 11.4. The van der Waals surface area contributed by atoms with Crippen LogP contribution in [0.3, 0.4) is 0 Å². The number of morpholine rings is 1. The van der Waals surface area contributed by atoms with Gasteiger partial charge in [-0.2, -0.15) is 4.37 Å². The summed E-state index contributed by atoms with van der Waals surface area (Å²) >= 11 is 1.36. The molecule has 0 bridgehead atoms. The number of aromatic nitrogens is 2. The average molecular weight is 257 g/mol. The van der Waals surface area contributed by atoms with E-state index in [0.717, 1.165) is 23.9 Å². The van der Waals surface area contributed by atoms with Gasteiger partial charge in [-0.25, -0.2) is 9.78 Å².